The first kappa shape index (κ1) is 25.0. The zero-order valence-corrected chi connectivity index (χ0v) is 21.9. The van der Waals surface area contributed by atoms with Crippen molar-refractivity contribution in [2.24, 2.45) is 11.3 Å². The predicted octanol–water partition coefficient (Wildman–Crippen LogP) is 5.50. The molecule has 7 heteroatoms. The summed E-state index contributed by atoms with van der Waals surface area (Å²) in [5, 5.41) is 10.6. The number of rotatable bonds is 6. The molecule has 2 N–H and O–H groups in total. The van der Waals surface area contributed by atoms with Crippen LogP contribution in [0.25, 0.3) is 10.9 Å². The minimum Gasteiger partial charge on any atom is -0.487 e. The largest absolute Gasteiger partial charge is 0.487 e. The number of aromatic nitrogens is 1. The van der Waals surface area contributed by atoms with E-state index in [1.54, 1.807) is 0 Å². The van der Waals surface area contributed by atoms with Gasteiger partial charge in [-0.15, -0.1) is 0 Å². The highest BCUT2D eigenvalue weighted by molar-refractivity contribution is 5.84. The summed E-state index contributed by atoms with van der Waals surface area (Å²) >= 11 is 0. The molecular weight excluding hydrogens is 480 g/mol. The zero-order valence-electron chi connectivity index (χ0n) is 21.9. The number of piperidine rings is 1. The molecule has 0 radical (unpaired) electrons. The van der Waals surface area contributed by atoms with Gasteiger partial charge in [-0.3, -0.25) is 9.59 Å². The first-order valence-electron chi connectivity index (χ1n) is 13.8. The molecular formula is C31H36N2O5. The van der Waals surface area contributed by atoms with Crippen molar-refractivity contribution in [1.82, 2.24) is 9.88 Å². The standard InChI is InChI=1S/C31H36N2O5/c1-30(15-13-28(35)36)24-17-31(20-37-29(24)23-8-3-5-10-26(23)38-30)14-6-16-33(19-31)27(34)12-11-21-18-32-25-9-4-2-7-22(21)25/h2-5,7-10,18,24,29,32H,6,11-17,19-20H2,1H3,(H,35,36)/t24-,29+,30-,31-/m1/s1. The lowest BCUT2D eigenvalue weighted by molar-refractivity contribution is -0.185. The molecule has 1 aromatic heterocycles. The van der Waals surface area contributed by atoms with E-state index in [0.29, 0.717) is 32.4 Å². The van der Waals surface area contributed by atoms with Crippen LogP contribution in [-0.2, 0) is 20.7 Å². The van der Waals surface area contributed by atoms with Crippen LogP contribution in [0.1, 0.15) is 62.7 Å². The third-order valence-electron chi connectivity index (χ3n) is 9.07. The highest BCUT2D eigenvalue weighted by Gasteiger charge is 2.54. The van der Waals surface area contributed by atoms with Crippen LogP contribution < -0.4 is 4.74 Å². The lowest BCUT2D eigenvalue weighted by Gasteiger charge is -2.55. The van der Waals surface area contributed by atoms with Crippen molar-refractivity contribution in [3.63, 3.8) is 0 Å². The summed E-state index contributed by atoms with van der Waals surface area (Å²) in [6.07, 6.45) is 6.36. The highest BCUT2D eigenvalue weighted by Crippen LogP contribution is 2.56. The first-order valence-corrected chi connectivity index (χ1v) is 13.8. The van der Waals surface area contributed by atoms with E-state index in [0.717, 1.165) is 42.6 Å². The Labute approximate surface area is 223 Å². The Kier molecular flexibility index (Phi) is 6.42. The predicted molar refractivity (Wildman–Crippen MR) is 144 cm³/mol. The van der Waals surface area contributed by atoms with Crippen LogP contribution in [-0.4, -0.2) is 52.2 Å². The normalized spacial score (nSPS) is 28.5. The molecule has 0 saturated carbocycles. The van der Waals surface area contributed by atoms with Gasteiger partial charge in [0.2, 0.25) is 5.91 Å². The number of hydrogen-bond acceptors (Lipinski definition) is 4. The molecule has 2 saturated heterocycles. The zero-order chi connectivity index (χ0) is 26.3. The number of nitrogens with one attached hydrogen (secondary N) is 1. The molecule has 3 aliphatic heterocycles. The molecule has 38 heavy (non-hydrogen) atoms. The number of carbonyl (C=O) groups is 2. The van der Waals surface area contributed by atoms with Crippen molar-refractivity contribution in [3.8, 4) is 5.75 Å². The Morgan fingerprint density at radius 3 is 2.82 bits per heavy atom. The average molecular weight is 517 g/mol. The minimum absolute atomic E-state index is 0.0202. The summed E-state index contributed by atoms with van der Waals surface area (Å²) in [5.41, 5.74) is 2.53. The number of likely N-dealkylation sites (tertiary alicyclic amines) is 1. The van der Waals surface area contributed by atoms with E-state index in [1.165, 1.54) is 10.9 Å². The number of aliphatic carboxylic acids is 1. The summed E-state index contributed by atoms with van der Waals surface area (Å²) in [4.78, 5) is 30.2. The van der Waals surface area contributed by atoms with Gasteiger partial charge in [0.1, 0.15) is 11.4 Å². The smallest absolute Gasteiger partial charge is 0.303 e. The van der Waals surface area contributed by atoms with E-state index >= 15 is 0 Å². The van der Waals surface area contributed by atoms with Crippen LogP contribution in [0.5, 0.6) is 5.75 Å². The molecule has 4 atom stereocenters. The summed E-state index contributed by atoms with van der Waals surface area (Å²) in [5.74, 6) is 0.179. The summed E-state index contributed by atoms with van der Waals surface area (Å²) in [7, 11) is 0. The van der Waals surface area contributed by atoms with E-state index in [4.69, 9.17) is 9.47 Å². The van der Waals surface area contributed by atoms with Gasteiger partial charge in [-0.05, 0) is 56.7 Å². The van der Waals surface area contributed by atoms with Crippen LogP contribution in [0.3, 0.4) is 0 Å². The monoisotopic (exact) mass is 516 g/mol. The number of hydrogen-bond donors (Lipinski definition) is 2. The van der Waals surface area contributed by atoms with Crippen molar-refractivity contribution >= 4 is 22.8 Å². The molecule has 7 nitrogen and oxygen atoms in total. The van der Waals surface area contributed by atoms with E-state index in [1.807, 2.05) is 48.4 Å². The fourth-order valence-corrected chi connectivity index (χ4v) is 7.03. The number of fused-ring (bicyclic) bond motifs is 4. The van der Waals surface area contributed by atoms with Crippen LogP contribution in [0.4, 0.5) is 0 Å². The van der Waals surface area contributed by atoms with Gasteiger partial charge in [0.25, 0.3) is 0 Å². The quantitative estimate of drug-likeness (QED) is 0.451. The van der Waals surface area contributed by atoms with Gasteiger partial charge in [-0.2, -0.15) is 0 Å². The molecule has 2 fully saturated rings. The average Bonchev–Trinajstić information content (AvgIpc) is 3.34. The van der Waals surface area contributed by atoms with E-state index in [2.05, 4.69) is 23.2 Å². The van der Waals surface area contributed by atoms with Crippen molar-refractivity contribution in [2.45, 2.75) is 63.6 Å². The van der Waals surface area contributed by atoms with Crippen molar-refractivity contribution in [1.29, 1.82) is 0 Å². The van der Waals surface area contributed by atoms with Crippen LogP contribution in [0.2, 0.25) is 0 Å². The second-order valence-electron chi connectivity index (χ2n) is 11.7. The van der Waals surface area contributed by atoms with Gasteiger partial charge < -0.3 is 24.5 Å². The third-order valence-corrected chi connectivity index (χ3v) is 9.07. The summed E-state index contributed by atoms with van der Waals surface area (Å²) < 4.78 is 13.2. The number of aromatic amines is 1. The molecule has 3 aromatic rings. The third kappa shape index (κ3) is 4.57. The maximum Gasteiger partial charge on any atom is 0.303 e. The maximum atomic E-state index is 13.4. The number of H-pyrrole nitrogens is 1. The summed E-state index contributed by atoms with van der Waals surface area (Å²) in [6.45, 7) is 4.10. The van der Waals surface area contributed by atoms with Gasteiger partial charge in [0.15, 0.2) is 0 Å². The number of nitrogens with zero attached hydrogens (tertiary/aromatic N) is 1. The number of amides is 1. The maximum absolute atomic E-state index is 13.4. The van der Waals surface area contributed by atoms with E-state index < -0.39 is 11.6 Å². The van der Waals surface area contributed by atoms with Crippen LogP contribution in [0.15, 0.2) is 54.7 Å². The topological polar surface area (TPSA) is 91.9 Å². The lowest BCUT2D eigenvalue weighted by Crippen LogP contribution is -2.57. The number of ether oxygens (including phenoxy) is 2. The molecule has 0 bridgehead atoms. The molecule has 3 aliphatic rings. The SMILES string of the molecule is C[C@]1(CCC(=O)O)Oc2ccccc2[C@@H]2OC[C@]3(CCCN(C(=O)CCc4c[nH]c5ccccc45)C3)C[C@H]21. The number of carboxylic acid groups (broad SMARTS) is 1. The second-order valence-corrected chi connectivity index (χ2v) is 11.7. The molecule has 1 amide bonds. The van der Waals surface area contributed by atoms with Gasteiger partial charge >= 0.3 is 5.97 Å². The summed E-state index contributed by atoms with van der Waals surface area (Å²) in [6, 6.07) is 16.2. The number of carboxylic acids is 1. The fraction of sp³-hybridized carbons (Fsp3) is 0.484. The minimum atomic E-state index is -0.818. The molecule has 2 aromatic carbocycles. The number of benzene rings is 2. The van der Waals surface area contributed by atoms with Gasteiger partial charge in [-0.25, -0.2) is 0 Å². The molecule has 0 unspecified atom stereocenters. The van der Waals surface area contributed by atoms with Gasteiger partial charge in [-0.1, -0.05) is 36.4 Å². The molecule has 1 spiro atoms. The number of aryl methyl sites for hydroxylation is 1. The molecule has 200 valence electrons. The van der Waals surface area contributed by atoms with E-state index in [9.17, 15) is 14.7 Å². The fourth-order valence-electron chi connectivity index (χ4n) is 7.03. The van der Waals surface area contributed by atoms with Gasteiger partial charge in [0.05, 0.1) is 12.7 Å². The molecule has 4 heterocycles. The Bertz CT molecular complexity index is 1350. The van der Waals surface area contributed by atoms with Gasteiger partial charge in [0, 0.05) is 59.9 Å². The van der Waals surface area contributed by atoms with Crippen LogP contribution >= 0.6 is 0 Å². The van der Waals surface area contributed by atoms with E-state index in [-0.39, 0.29) is 29.8 Å². The van der Waals surface area contributed by atoms with Crippen LogP contribution in [0, 0.1) is 11.3 Å². The number of carbonyl (C=O) groups excluding carboxylic acids is 1. The molecule has 0 aliphatic carbocycles. The number of para-hydroxylation sites is 2. The Hall–Kier alpha value is -3.32. The lowest BCUT2D eigenvalue weighted by atomic mass is 9.64. The first-order chi connectivity index (χ1) is 18.4. The van der Waals surface area contributed by atoms with Crippen molar-refractivity contribution < 1.29 is 24.2 Å². The highest BCUT2D eigenvalue weighted by atomic mass is 16.5. The van der Waals surface area contributed by atoms with Crippen molar-refractivity contribution in [3.05, 3.63) is 65.9 Å². The molecule has 6 rings (SSSR count). The van der Waals surface area contributed by atoms with Crippen molar-refractivity contribution in [2.75, 3.05) is 19.7 Å². The Morgan fingerprint density at radius 2 is 1.95 bits per heavy atom. The second kappa shape index (κ2) is 9.77. The Morgan fingerprint density at radius 1 is 1.13 bits per heavy atom. The Balaban J connectivity index is 1.18.